The SMILES string of the molecule is O=S=C(O)C(O)C(O)CO. The van der Waals surface area contributed by atoms with Gasteiger partial charge in [0, 0.05) is 0 Å². The van der Waals surface area contributed by atoms with Crippen molar-refractivity contribution in [3.8, 4) is 0 Å². The molecule has 0 aromatic heterocycles. The molecule has 60 valence electrons. The van der Waals surface area contributed by atoms with Crippen LogP contribution in [0.5, 0.6) is 0 Å². The summed E-state index contributed by atoms with van der Waals surface area (Å²) in [6, 6.07) is 0. The van der Waals surface area contributed by atoms with Crippen molar-refractivity contribution in [3.63, 3.8) is 0 Å². The molecule has 10 heavy (non-hydrogen) atoms. The van der Waals surface area contributed by atoms with Crippen LogP contribution in [0.15, 0.2) is 0 Å². The summed E-state index contributed by atoms with van der Waals surface area (Å²) in [7, 11) is 0. The average molecular weight is 168 g/mol. The molecule has 6 heteroatoms. The highest BCUT2D eigenvalue weighted by molar-refractivity contribution is 7.66. The Labute approximate surface area is 60.6 Å². The number of rotatable bonds is 3. The third-order valence-electron chi connectivity index (χ3n) is 0.890. The van der Waals surface area contributed by atoms with E-state index in [-0.39, 0.29) is 11.3 Å². The zero-order valence-electron chi connectivity index (χ0n) is 4.97. The maximum absolute atomic E-state index is 9.77. The van der Waals surface area contributed by atoms with E-state index in [1.165, 1.54) is 0 Å². The molecule has 0 rings (SSSR count). The Balaban J connectivity index is 4.07. The lowest BCUT2D eigenvalue weighted by Crippen LogP contribution is -2.36. The lowest BCUT2D eigenvalue weighted by Gasteiger charge is -2.11. The Bertz CT molecular complexity index is 152. The second-order valence-corrected chi connectivity index (χ2v) is 2.20. The predicted molar refractivity (Wildman–Crippen MR) is 34.9 cm³/mol. The van der Waals surface area contributed by atoms with E-state index >= 15 is 0 Å². The molecule has 2 atom stereocenters. The minimum absolute atomic E-state index is 0.322. The second-order valence-electron chi connectivity index (χ2n) is 1.62. The minimum Gasteiger partial charge on any atom is -0.394 e. The molecular formula is C4H8O5S. The van der Waals surface area contributed by atoms with Crippen molar-refractivity contribution in [2.75, 3.05) is 6.61 Å². The first-order valence-corrected chi connectivity index (χ1v) is 3.20. The van der Waals surface area contributed by atoms with Gasteiger partial charge in [0.1, 0.15) is 23.5 Å². The Hall–Kier alpha value is -0.270. The van der Waals surface area contributed by atoms with Crippen LogP contribution in [0, 0.1) is 0 Å². The lowest BCUT2D eigenvalue weighted by molar-refractivity contribution is 0.0130. The molecule has 0 saturated carbocycles. The van der Waals surface area contributed by atoms with Gasteiger partial charge in [0.2, 0.25) is 0 Å². The van der Waals surface area contributed by atoms with Crippen LogP contribution in [-0.4, -0.2) is 48.5 Å². The Kier molecular flexibility index (Phi) is 4.41. The molecule has 0 aromatic carbocycles. The molecule has 0 bridgehead atoms. The van der Waals surface area contributed by atoms with Crippen LogP contribution in [0.1, 0.15) is 0 Å². The average Bonchev–Trinajstić information content (AvgIpc) is 2.00. The van der Waals surface area contributed by atoms with Crippen LogP contribution in [0.2, 0.25) is 0 Å². The highest BCUT2D eigenvalue weighted by atomic mass is 32.1. The van der Waals surface area contributed by atoms with Gasteiger partial charge in [-0.25, -0.2) is 4.21 Å². The zero-order valence-corrected chi connectivity index (χ0v) is 5.78. The van der Waals surface area contributed by atoms with E-state index in [2.05, 4.69) is 0 Å². The van der Waals surface area contributed by atoms with Crippen molar-refractivity contribution in [2.45, 2.75) is 12.2 Å². The lowest BCUT2D eigenvalue weighted by atomic mass is 10.2. The molecule has 0 aromatic rings. The largest absolute Gasteiger partial charge is 0.394 e. The van der Waals surface area contributed by atoms with Crippen LogP contribution in [0.4, 0.5) is 0 Å². The van der Waals surface area contributed by atoms with Gasteiger partial charge in [-0.15, -0.1) is 0 Å². The number of hydrogen-bond donors (Lipinski definition) is 4. The molecule has 4 N–H and O–H groups in total. The molecule has 0 aliphatic carbocycles. The normalized spacial score (nSPS) is 16.0. The Morgan fingerprint density at radius 2 is 2.00 bits per heavy atom. The highest BCUT2D eigenvalue weighted by Gasteiger charge is 2.19. The quantitative estimate of drug-likeness (QED) is 0.352. The first kappa shape index (κ1) is 9.73. The predicted octanol–water partition coefficient (Wildman–Crippen LogP) is -2.40. The van der Waals surface area contributed by atoms with Gasteiger partial charge in [-0.1, -0.05) is 0 Å². The summed E-state index contributed by atoms with van der Waals surface area (Å²) in [5.41, 5.74) is 0. The number of aliphatic hydroxyl groups excluding tert-OH is 4. The number of aliphatic hydroxyl groups is 4. The van der Waals surface area contributed by atoms with Crippen LogP contribution < -0.4 is 0 Å². The molecular weight excluding hydrogens is 160 g/mol. The van der Waals surface area contributed by atoms with E-state index in [0.717, 1.165) is 0 Å². The molecule has 0 amide bonds. The maximum Gasteiger partial charge on any atom is 0.174 e. The smallest absolute Gasteiger partial charge is 0.174 e. The fraction of sp³-hybridized carbons (Fsp3) is 0.750. The van der Waals surface area contributed by atoms with Crippen molar-refractivity contribution in [3.05, 3.63) is 0 Å². The summed E-state index contributed by atoms with van der Waals surface area (Å²) < 4.78 is 9.77. The summed E-state index contributed by atoms with van der Waals surface area (Å²) in [5, 5.41) is 33.1. The van der Waals surface area contributed by atoms with Crippen LogP contribution >= 0.6 is 0 Å². The monoisotopic (exact) mass is 168 g/mol. The Morgan fingerprint density at radius 3 is 2.30 bits per heavy atom. The Morgan fingerprint density at radius 1 is 1.50 bits per heavy atom. The standard InChI is InChI=1S/C4H8O5S/c5-1-2(6)3(7)4(8)10-9/h2-3,5-8H,1H2. The van der Waals surface area contributed by atoms with Crippen molar-refractivity contribution < 1.29 is 24.6 Å². The van der Waals surface area contributed by atoms with Crippen molar-refractivity contribution >= 4 is 16.3 Å². The van der Waals surface area contributed by atoms with Crippen LogP contribution in [0.25, 0.3) is 0 Å². The summed E-state index contributed by atoms with van der Waals surface area (Å²) in [6.07, 6.45) is -3.17. The van der Waals surface area contributed by atoms with E-state index in [4.69, 9.17) is 20.4 Å². The van der Waals surface area contributed by atoms with Crippen molar-refractivity contribution in [1.29, 1.82) is 0 Å². The number of hydrogen-bond acceptors (Lipinski definition) is 4. The fourth-order valence-corrected chi connectivity index (χ4v) is 0.569. The molecule has 0 fully saturated rings. The van der Waals surface area contributed by atoms with Gasteiger partial charge in [-0.2, -0.15) is 0 Å². The molecule has 0 saturated heterocycles. The van der Waals surface area contributed by atoms with Gasteiger partial charge in [0.25, 0.3) is 0 Å². The van der Waals surface area contributed by atoms with Gasteiger partial charge in [-0.3, -0.25) is 0 Å². The van der Waals surface area contributed by atoms with Crippen molar-refractivity contribution in [1.82, 2.24) is 0 Å². The topological polar surface area (TPSA) is 98.0 Å². The summed E-state index contributed by atoms with van der Waals surface area (Å²) >= 11 is -0.322. The molecule has 2 unspecified atom stereocenters. The third kappa shape index (κ3) is 2.54. The van der Waals surface area contributed by atoms with E-state index in [0.29, 0.717) is 0 Å². The van der Waals surface area contributed by atoms with Crippen LogP contribution in [-0.2, 0) is 11.3 Å². The molecule has 0 aliphatic rings. The van der Waals surface area contributed by atoms with Crippen molar-refractivity contribution in [2.24, 2.45) is 0 Å². The second kappa shape index (κ2) is 4.53. The molecule has 0 radical (unpaired) electrons. The maximum atomic E-state index is 9.77. The molecule has 0 spiro atoms. The minimum atomic E-state index is -1.67. The summed E-state index contributed by atoms with van der Waals surface area (Å²) in [4.78, 5) is 0. The van der Waals surface area contributed by atoms with E-state index in [1.807, 2.05) is 0 Å². The van der Waals surface area contributed by atoms with E-state index in [1.54, 1.807) is 0 Å². The van der Waals surface area contributed by atoms with Gasteiger partial charge in [0.05, 0.1) is 6.61 Å². The molecule has 0 aliphatic heterocycles. The molecule has 5 nitrogen and oxygen atoms in total. The molecule has 0 heterocycles. The first-order valence-electron chi connectivity index (χ1n) is 2.46. The highest BCUT2D eigenvalue weighted by Crippen LogP contribution is 1.91. The zero-order chi connectivity index (χ0) is 8.15. The first-order chi connectivity index (χ1) is 4.63. The van der Waals surface area contributed by atoms with Gasteiger partial charge >= 0.3 is 0 Å². The van der Waals surface area contributed by atoms with Gasteiger partial charge in [0.15, 0.2) is 5.05 Å². The van der Waals surface area contributed by atoms with E-state index < -0.39 is 23.9 Å². The van der Waals surface area contributed by atoms with Crippen LogP contribution in [0.3, 0.4) is 0 Å². The fourth-order valence-electron chi connectivity index (χ4n) is 0.314. The van der Waals surface area contributed by atoms with Gasteiger partial charge in [-0.05, 0) is 0 Å². The van der Waals surface area contributed by atoms with Gasteiger partial charge < -0.3 is 20.4 Å². The third-order valence-corrected chi connectivity index (χ3v) is 1.30. The van der Waals surface area contributed by atoms with E-state index in [9.17, 15) is 4.21 Å². The summed E-state index contributed by atoms with van der Waals surface area (Å²) in [6.45, 7) is -0.703. The summed E-state index contributed by atoms with van der Waals surface area (Å²) in [5.74, 6) is 0.